The zero-order valence-corrected chi connectivity index (χ0v) is 23.9. The minimum atomic E-state index is -4.82. The molecule has 0 fully saturated rings. The molecular formula is C27H20Cl3F3N6O2. The number of methoxy groups -OCH3 is 1. The Morgan fingerprint density at radius 1 is 1.05 bits per heavy atom. The van der Waals surface area contributed by atoms with Crippen molar-refractivity contribution in [3.05, 3.63) is 91.9 Å². The van der Waals surface area contributed by atoms with E-state index in [1.807, 2.05) is 0 Å². The van der Waals surface area contributed by atoms with Crippen molar-refractivity contribution in [1.82, 2.24) is 24.4 Å². The Balaban J connectivity index is 1.52. The summed E-state index contributed by atoms with van der Waals surface area (Å²) in [5.74, 6) is -0.395. The Hall–Kier alpha value is -3.80. The number of fused-ring (bicyclic) bond motifs is 1. The van der Waals surface area contributed by atoms with Gasteiger partial charge in [0, 0.05) is 15.6 Å². The first-order valence-corrected chi connectivity index (χ1v) is 13.1. The molecule has 0 radical (unpaired) electrons. The van der Waals surface area contributed by atoms with Gasteiger partial charge in [-0.25, -0.2) is 9.50 Å². The number of aromatic nitrogens is 5. The topological polar surface area (TPSA) is 86.3 Å². The number of rotatable bonds is 6. The van der Waals surface area contributed by atoms with E-state index in [0.717, 1.165) is 11.6 Å². The number of halogens is 6. The highest BCUT2D eigenvalue weighted by atomic mass is 35.5. The molecule has 2 aromatic carbocycles. The minimum Gasteiger partial charge on any atom is -0.497 e. The Morgan fingerprint density at radius 2 is 1.80 bits per heavy atom. The summed E-state index contributed by atoms with van der Waals surface area (Å²) < 4.78 is 49.6. The van der Waals surface area contributed by atoms with E-state index in [0.29, 0.717) is 49.5 Å². The first-order chi connectivity index (χ1) is 19.4. The van der Waals surface area contributed by atoms with Crippen LogP contribution in [0.25, 0.3) is 16.9 Å². The molecule has 0 atom stereocenters. The van der Waals surface area contributed by atoms with Gasteiger partial charge < -0.3 is 10.1 Å². The van der Waals surface area contributed by atoms with Crippen LogP contribution in [0.1, 0.15) is 33.1 Å². The fraction of sp³-hybridized carbons (Fsp3) is 0.185. The molecule has 0 bridgehead atoms. The van der Waals surface area contributed by atoms with Crippen LogP contribution >= 0.6 is 34.8 Å². The number of benzene rings is 2. The van der Waals surface area contributed by atoms with Crippen molar-refractivity contribution < 1.29 is 22.7 Å². The van der Waals surface area contributed by atoms with Crippen LogP contribution in [-0.4, -0.2) is 37.4 Å². The van der Waals surface area contributed by atoms with Crippen molar-refractivity contribution in [1.29, 1.82) is 0 Å². The van der Waals surface area contributed by atoms with Crippen molar-refractivity contribution in [3.63, 3.8) is 0 Å². The van der Waals surface area contributed by atoms with Crippen molar-refractivity contribution in [2.75, 3.05) is 12.4 Å². The highest BCUT2D eigenvalue weighted by molar-refractivity contribution is 6.37. The lowest BCUT2D eigenvalue weighted by atomic mass is 10.1. The van der Waals surface area contributed by atoms with E-state index in [1.54, 1.807) is 54.9 Å². The van der Waals surface area contributed by atoms with Crippen LogP contribution in [0.3, 0.4) is 0 Å². The van der Waals surface area contributed by atoms with E-state index in [2.05, 4.69) is 20.5 Å². The van der Waals surface area contributed by atoms with E-state index in [-0.39, 0.29) is 16.4 Å². The molecule has 212 valence electrons. The maximum absolute atomic E-state index is 14.1. The number of hydrogen-bond acceptors (Lipinski definition) is 5. The number of ether oxygens (including phenoxy) is 1. The van der Waals surface area contributed by atoms with E-state index in [9.17, 15) is 18.0 Å². The number of carbonyl (C=O) groups excluding carboxylic acids is 1. The van der Waals surface area contributed by atoms with Gasteiger partial charge in [-0.15, -0.1) is 0 Å². The Kier molecular flexibility index (Phi) is 7.62. The second-order valence-electron chi connectivity index (χ2n) is 9.05. The maximum Gasteiger partial charge on any atom is 0.433 e. The summed E-state index contributed by atoms with van der Waals surface area (Å²) in [5.41, 5.74) is 0.583. The number of nitrogens with one attached hydrogen (secondary N) is 1. The normalized spacial score (nSPS) is 11.7. The number of carbonyl (C=O) groups is 1. The summed E-state index contributed by atoms with van der Waals surface area (Å²) in [7, 11) is 1.44. The van der Waals surface area contributed by atoms with Gasteiger partial charge in [0.2, 0.25) is 0 Å². The first-order valence-electron chi connectivity index (χ1n) is 12.0. The lowest BCUT2D eigenvalue weighted by Gasteiger charge is -2.11. The molecule has 1 amide bonds. The molecule has 0 saturated heterocycles. The largest absolute Gasteiger partial charge is 0.497 e. The second-order valence-corrected chi connectivity index (χ2v) is 10.3. The average molecular weight is 624 g/mol. The number of nitrogens with zero attached hydrogens (tertiary/aromatic N) is 5. The molecule has 5 aromatic rings. The predicted molar refractivity (Wildman–Crippen MR) is 150 cm³/mol. The van der Waals surface area contributed by atoms with Crippen LogP contribution < -0.4 is 10.1 Å². The summed E-state index contributed by atoms with van der Waals surface area (Å²) in [6.45, 7) is 3.70. The fourth-order valence-corrected chi connectivity index (χ4v) is 5.00. The van der Waals surface area contributed by atoms with E-state index in [4.69, 9.17) is 39.5 Å². The smallest absolute Gasteiger partial charge is 0.433 e. The first kappa shape index (κ1) is 28.7. The summed E-state index contributed by atoms with van der Waals surface area (Å²) in [6.07, 6.45) is -4.82. The van der Waals surface area contributed by atoms with Crippen molar-refractivity contribution in [2.45, 2.75) is 26.6 Å². The molecular weight excluding hydrogens is 604 g/mol. The standard InChI is InChI=1S/C27H20Cl3F3N6O2/c1-13-23(14(2)38(36-13)12-16-7-8-17(28)10-19(16)29)35-26(40)24-22(30)25-34-20(15-5-4-6-18(9-15)41-3)11-21(27(31,32)33)39(25)37-24/h4-11H,12H2,1-3H3,(H,35,40). The van der Waals surface area contributed by atoms with Crippen molar-refractivity contribution in [3.8, 4) is 17.0 Å². The lowest BCUT2D eigenvalue weighted by molar-refractivity contribution is -0.142. The molecule has 0 spiro atoms. The van der Waals surface area contributed by atoms with Crippen LogP contribution in [0.5, 0.6) is 5.75 Å². The second kappa shape index (κ2) is 10.9. The Morgan fingerprint density at radius 3 is 2.49 bits per heavy atom. The zero-order valence-electron chi connectivity index (χ0n) is 21.6. The van der Waals surface area contributed by atoms with Crippen LogP contribution in [0.15, 0.2) is 48.5 Å². The molecule has 3 heterocycles. The number of aryl methyl sites for hydroxylation is 1. The average Bonchev–Trinajstić information content (AvgIpc) is 3.40. The SMILES string of the molecule is COc1cccc(-c2cc(C(F)(F)F)n3nc(C(=O)Nc4c(C)nn(Cc5ccc(Cl)cc5Cl)c4C)c(Cl)c3n2)c1. The van der Waals surface area contributed by atoms with Gasteiger partial charge >= 0.3 is 6.18 Å². The zero-order chi connectivity index (χ0) is 29.6. The number of alkyl halides is 3. The van der Waals surface area contributed by atoms with Gasteiger partial charge in [-0.05, 0) is 49.7 Å². The van der Waals surface area contributed by atoms with Crippen LogP contribution in [0.4, 0.5) is 18.9 Å². The highest BCUT2D eigenvalue weighted by Gasteiger charge is 2.37. The quantitative estimate of drug-likeness (QED) is 0.212. The number of anilines is 1. The minimum absolute atomic E-state index is 0.0219. The molecule has 8 nitrogen and oxygen atoms in total. The van der Waals surface area contributed by atoms with Gasteiger partial charge in [0.15, 0.2) is 17.0 Å². The Bertz CT molecular complexity index is 1820. The monoisotopic (exact) mass is 622 g/mol. The fourth-order valence-electron chi connectivity index (χ4n) is 4.28. The van der Waals surface area contributed by atoms with Crippen molar-refractivity contribution in [2.24, 2.45) is 0 Å². The summed E-state index contributed by atoms with van der Waals surface area (Å²) in [5, 5.41) is 11.7. The molecule has 3 aromatic heterocycles. The van der Waals surface area contributed by atoms with E-state index >= 15 is 0 Å². The molecule has 1 N–H and O–H groups in total. The molecule has 0 aliphatic heterocycles. The molecule has 0 saturated carbocycles. The van der Waals surface area contributed by atoms with Gasteiger partial charge in [-0.1, -0.05) is 53.0 Å². The highest BCUT2D eigenvalue weighted by Crippen LogP contribution is 2.35. The Labute approximate surface area is 246 Å². The molecule has 0 aliphatic carbocycles. The predicted octanol–water partition coefficient (Wildman–Crippen LogP) is 7.50. The summed E-state index contributed by atoms with van der Waals surface area (Å²) >= 11 is 18.7. The summed E-state index contributed by atoms with van der Waals surface area (Å²) in [4.78, 5) is 17.6. The van der Waals surface area contributed by atoms with Crippen LogP contribution in [-0.2, 0) is 12.7 Å². The van der Waals surface area contributed by atoms with Crippen LogP contribution in [0, 0.1) is 13.8 Å². The molecule has 0 aliphatic rings. The molecule has 14 heteroatoms. The summed E-state index contributed by atoms with van der Waals surface area (Å²) in [6, 6.07) is 12.3. The van der Waals surface area contributed by atoms with Gasteiger partial charge in [-0.3, -0.25) is 9.48 Å². The molecule has 41 heavy (non-hydrogen) atoms. The van der Waals surface area contributed by atoms with E-state index in [1.165, 1.54) is 13.2 Å². The molecule has 5 rings (SSSR count). The van der Waals surface area contributed by atoms with Crippen LogP contribution in [0.2, 0.25) is 15.1 Å². The molecule has 0 unspecified atom stereocenters. The van der Waals surface area contributed by atoms with E-state index < -0.39 is 23.5 Å². The van der Waals surface area contributed by atoms with Crippen molar-refractivity contribution >= 4 is 52.0 Å². The third-order valence-corrected chi connectivity index (χ3v) is 7.29. The maximum atomic E-state index is 14.1. The van der Waals surface area contributed by atoms with Gasteiger partial charge in [0.1, 0.15) is 10.8 Å². The van der Waals surface area contributed by atoms with Gasteiger partial charge in [-0.2, -0.15) is 23.4 Å². The lowest BCUT2D eigenvalue weighted by Crippen LogP contribution is -2.16. The third kappa shape index (κ3) is 5.57. The van der Waals surface area contributed by atoms with Gasteiger partial charge in [0.25, 0.3) is 5.91 Å². The van der Waals surface area contributed by atoms with Gasteiger partial charge in [0.05, 0.1) is 36.4 Å². The number of amides is 1. The number of hydrogen-bond donors (Lipinski definition) is 1. The third-order valence-electron chi connectivity index (χ3n) is 6.36.